The molecule has 0 amide bonds. The zero-order valence-corrected chi connectivity index (χ0v) is 11.1. The third kappa shape index (κ3) is 4.77. The monoisotopic (exact) mass is 271 g/mol. The lowest BCUT2D eigenvalue weighted by atomic mass is 10.0. The molecule has 0 aromatic heterocycles. The van der Waals surface area contributed by atoms with E-state index in [1.54, 1.807) is 0 Å². The lowest BCUT2D eigenvalue weighted by Gasteiger charge is -2.30. The summed E-state index contributed by atoms with van der Waals surface area (Å²) in [5.74, 6) is -0.0433. The summed E-state index contributed by atoms with van der Waals surface area (Å²) in [6.45, 7) is 0.910. The molecule has 0 radical (unpaired) electrons. The number of piperidine rings is 1. The molecule has 0 N–H and O–H groups in total. The number of rotatable bonds is 4. The van der Waals surface area contributed by atoms with Crippen LogP contribution in [0.5, 0.6) is 0 Å². The fourth-order valence-corrected chi connectivity index (χ4v) is 3.07. The molecule has 1 aliphatic rings. The molecule has 1 saturated heterocycles. The van der Waals surface area contributed by atoms with Gasteiger partial charge in [0.1, 0.15) is 0 Å². The molecule has 0 aliphatic carbocycles. The quantitative estimate of drug-likeness (QED) is 0.652. The van der Waals surface area contributed by atoms with Crippen LogP contribution < -0.4 is 0 Å². The van der Waals surface area contributed by atoms with Gasteiger partial charge in [-0.05, 0) is 18.8 Å². The first-order chi connectivity index (χ1) is 7.18. The molecular formula is C8H17NO5S2. The van der Waals surface area contributed by atoms with E-state index in [9.17, 15) is 16.8 Å². The lowest BCUT2D eigenvalue weighted by molar-refractivity contribution is 0.186. The Hall–Kier alpha value is -0.180. The van der Waals surface area contributed by atoms with Crippen LogP contribution in [-0.4, -0.2) is 53.3 Å². The minimum Gasteiger partial charge on any atom is -0.270 e. The number of hydrogen-bond acceptors (Lipinski definition) is 5. The molecule has 0 spiro atoms. The molecule has 1 rings (SSSR count). The Bertz CT molecular complexity index is 427. The first-order valence-corrected chi connectivity index (χ1v) is 8.64. The van der Waals surface area contributed by atoms with Crippen molar-refractivity contribution in [2.75, 3.05) is 32.2 Å². The Morgan fingerprint density at radius 1 is 1.25 bits per heavy atom. The van der Waals surface area contributed by atoms with Gasteiger partial charge in [0.15, 0.2) is 0 Å². The summed E-state index contributed by atoms with van der Waals surface area (Å²) < 4.78 is 50.2. The largest absolute Gasteiger partial charge is 0.270 e. The lowest BCUT2D eigenvalue weighted by Crippen LogP contribution is -2.40. The predicted octanol–water partition coefficient (Wildman–Crippen LogP) is -0.366. The summed E-state index contributed by atoms with van der Waals surface area (Å²) in [5, 5.41) is 0. The highest BCUT2D eigenvalue weighted by Crippen LogP contribution is 2.19. The number of nitrogens with zero attached hydrogens (tertiary/aromatic N) is 1. The third-order valence-electron chi connectivity index (χ3n) is 2.47. The minimum atomic E-state index is -3.44. The Labute approximate surface area is 96.8 Å². The molecule has 0 aromatic carbocycles. The SMILES string of the molecule is CS(=O)(=O)OC[C@H]1CCCN(S(C)(=O)=O)C1. The second-order valence-electron chi connectivity index (χ2n) is 4.12. The van der Waals surface area contributed by atoms with E-state index in [1.165, 1.54) is 4.31 Å². The summed E-state index contributed by atoms with van der Waals surface area (Å²) in [7, 11) is -6.63. The summed E-state index contributed by atoms with van der Waals surface area (Å²) >= 11 is 0. The smallest absolute Gasteiger partial charge is 0.264 e. The van der Waals surface area contributed by atoms with Gasteiger partial charge in [-0.2, -0.15) is 8.42 Å². The van der Waals surface area contributed by atoms with Crippen LogP contribution in [0.25, 0.3) is 0 Å². The Balaban J connectivity index is 2.52. The molecule has 1 fully saturated rings. The van der Waals surface area contributed by atoms with Crippen LogP contribution in [0.15, 0.2) is 0 Å². The van der Waals surface area contributed by atoms with Crippen molar-refractivity contribution >= 4 is 20.1 Å². The third-order valence-corrected chi connectivity index (χ3v) is 4.30. The standard InChI is InChI=1S/C8H17NO5S2/c1-15(10,11)9-5-3-4-8(6-9)7-14-16(2,12)13/h8H,3-7H2,1-2H3/t8-/m0/s1. The van der Waals surface area contributed by atoms with Crippen molar-refractivity contribution in [2.24, 2.45) is 5.92 Å². The fourth-order valence-electron chi connectivity index (χ4n) is 1.68. The van der Waals surface area contributed by atoms with Crippen molar-refractivity contribution in [1.29, 1.82) is 0 Å². The van der Waals surface area contributed by atoms with Gasteiger partial charge >= 0.3 is 0 Å². The number of sulfonamides is 1. The second kappa shape index (κ2) is 4.99. The molecule has 0 aromatic rings. The maximum Gasteiger partial charge on any atom is 0.264 e. The van der Waals surface area contributed by atoms with E-state index in [1.807, 2.05) is 0 Å². The van der Waals surface area contributed by atoms with Crippen molar-refractivity contribution in [2.45, 2.75) is 12.8 Å². The molecule has 1 heterocycles. The van der Waals surface area contributed by atoms with E-state index in [0.717, 1.165) is 25.4 Å². The zero-order valence-electron chi connectivity index (χ0n) is 9.42. The molecule has 16 heavy (non-hydrogen) atoms. The molecule has 96 valence electrons. The van der Waals surface area contributed by atoms with E-state index >= 15 is 0 Å². The Morgan fingerprint density at radius 2 is 1.88 bits per heavy atom. The van der Waals surface area contributed by atoms with Crippen LogP contribution in [0.1, 0.15) is 12.8 Å². The molecule has 8 heteroatoms. The summed E-state index contributed by atoms with van der Waals surface area (Å²) in [6, 6.07) is 0. The number of hydrogen-bond donors (Lipinski definition) is 0. The molecular weight excluding hydrogens is 254 g/mol. The highest BCUT2D eigenvalue weighted by molar-refractivity contribution is 7.88. The molecule has 0 bridgehead atoms. The maximum absolute atomic E-state index is 11.3. The van der Waals surface area contributed by atoms with Gasteiger partial charge in [0.05, 0.1) is 19.1 Å². The summed E-state index contributed by atoms with van der Waals surface area (Å²) in [4.78, 5) is 0. The molecule has 1 aliphatic heterocycles. The highest BCUT2D eigenvalue weighted by Gasteiger charge is 2.26. The van der Waals surface area contributed by atoms with Crippen LogP contribution >= 0.6 is 0 Å². The average molecular weight is 271 g/mol. The maximum atomic E-state index is 11.3. The normalized spacial score (nSPS) is 24.5. The van der Waals surface area contributed by atoms with Crippen molar-refractivity contribution in [3.05, 3.63) is 0 Å². The van der Waals surface area contributed by atoms with Crippen molar-refractivity contribution in [1.82, 2.24) is 4.31 Å². The average Bonchev–Trinajstić information content (AvgIpc) is 2.13. The van der Waals surface area contributed by atoms with Crippen LogP contribution in [-0.2, 0) is 24.3 Å². The molecule has 0 unspecified atom stereocenters. The fraction of sp³-hybridized carbons (Fsp3) is 1.00. The van der Waals surface area contributed by atoms with Gasteiger partial charge in [-0.1, -0.05) is 0 Å². The van der Waals surface area contributed by atoms with Gasteiger partial charge in [0.25, 0.3) is 10.1 Å². The van der Waals surface area contributed by atoms with Gasteiger partial charge in [-0.3, -0.25) is 4.18 Å². The van der Waals surface area contributed by atoms with E-state index in [2.05, 4.69) is 4.18 Å². The van der Waals surface area contributed by atoms with Gasteiger partial charge in [0, 0.05) is 13.1 Å². The topological polar surface area (TPSA) is 80.8 Å². The van der Waals surface area contributed by atoms with Crippen LogP contribution in [0.3, 0.4) is 0 Å². The highest BCUT2D eigenvalue weighted by atomic mass is 32.2. The van der Waals surface area contributed by atoms with Gasteiger partial charge in [-0.25, -0.2) is 12.7 Å². The van der Waals surface area contributed by atoms with Gasteiger partial charge in [0.2, 0.25) is 10.0 Å². The predicted molar refractivity (Wildman–Crippen MR) is 59.9 cm³/mol. The Morgan fingerprint density at radius 3 is 2.38 bits per heavy atom. The summed E-state index contributed by atoms with van der Waals surface area (Å²) in [6.07, 6.45) is 3.68. The van der Waals surface area contributed by atoms with E-state index < -0.39 is 20.1 Å². The zero-order chi connectivity index (χ0) is 12.4. The molecule has 1 atom stereocenters. The minimum absolute atomic E-state index is 0.0433. The van der Waals surface area contributed by atoms with Crippen molar-refractivity contribution < 1.29 is 21.0 Å². The molecule has 0 saturated carbocycles. The van der Waals surface area contributed by atoms with Crippen LogP contribution in [0, 0.1) is 5.92 Å². The first-order valence-electron chi connectivity index (χ1n) is 4.98. The van der Waals surface area contributed by atoms with Crippen LogP contribution in [0.4, 0.5) is 0 Å². The van der Waals surface area contributed by atoms with Gasteiger partial charge in [-0.15, -0.1) is 0 Å². The van der Waals surface area contributed by atoms with Crippen molar-refractivity contribution in [3.8, 4) is 0 Å². The molecule has 6 nitrogen and oxygen atoms in total. The Kier molecular flexibility index (Phi) is 4.33. The first kappa shape index (κ1) is 13.9. The van der Waals surface area contributed by atoms with Crippen LogP contribution in [0.2, 0.25) is 0 Å². The van der Waals surface area contributed by atoms with Gasteiger partial charge < -0.3 is 0 Å². The van der Waals surface area contributed by atoms with E-state index in [-0.39, 0.29) is 12.5 Å². The summed E-state index contributed by atoms with van der Waals surface area (Å²) in [5.41, 5.74) is 0. The van der Waals surface area contributed by atoms with E-state index in [0.29, 0.717) is 13.1 Å². The van der Waals surface area contributed by atoms with E-state index in [4.69, 9.17) is 0 Å². The second-order valence-corrected chi connectivity index (χ2v) is 7.74. The van der Waals surface area contributed by atoms with Crippen molar-refractivity contribution in [3.63, 3.8) is 0 Å².